The molecule has 0 amide bonds. The Morgan fingerprint density at radius 1 is 0.857 bits per heavy atom. The Bertz CT molecular complexity index is 1070. The lowest BCUT2D eigenvalue weighted by Crippen LogP contribution is -2.52. The van der Waals surface area contributed by atoms with Crippen LogP contribution in [0.25, 0.3) is 0 Å². The van der Waals surface area contributed by atoms with E-state index in [0.29, 0.717) is 0 Å². The first-order chi connectivity index (χ1) is 16.9. The molecule has 2 aliphatic rings. The van der Waals surface area contributed by atoms with Gasteiger partial charge >= 0.3 is 0 Å². The standard InChI is InChI=1S/C23H34N10S2/c1-16-25-21(31(2)3)30-23(26-16)33(15-18-9-7-13-35-18)11-10-19-27-20(29-22(28-19)32(4)5)24-14-17-8-6-12-34-17/h6-9,12-13,16,19H,10-11,14-15H2,1-5H3,(H,25,26,30)(H2,24,27,28,29). The minimum absolute atomic E-state index is 0.141. The number of thiophene rings is 2. The maximum Gasteiger partial charge on any atom is 0.203 e. The molecule has 0 aromatic carbocycles. The summed E-state index contributed by atoms with van der Waals surface area (Å²) < 4.78 is 0. The zero-order chi connectivity index (χ0) is 24.8. The molecule has 12 heteroatoms. The highest BCUT2D eigenvalue weighted by atomic mass is 32.1. The first-order valence-electron chi connectivity index (χ1n) is 11.6. The predicted octanol–water partition coefficient (Wildman–Crippen LogP) is 2.22. The molecule has 0 saturated heterocycles. The molecule has 0 fully saturated rings. The Morgan fingerprint density at radius 3 is 2.17 bits per heavy atom. The third kappa shape index (κ3) is 6.95. The molecule has 4 heterocycles. The second-order valence-electron chi connectivity index (χ2n) is 8.71. The minimum atomic E-state index is -0.200. The van der Waals surface area contributed by atoms with Crippen molar-refractivity contribution in [3.05, 3.63) is 44.8 Å². The minimum Gasteiger partial charge on any atom is -0.351 e. The molecular weight excluding hydrogens is 480 g/mol. The van der Waals surface area contributed by atoms with Crippen molar-refractivity contribution in [2.24, 2.45) is 20.0 Å². The fourth-order valence-electron chi connectivity index (χ4n) is 3.58. The van der Waals surface area contributed by atoms with Crippen molar-refractivity contribution >= 4 is 46.5 Å². The van der Waals surface area contributed by atoms with Crippen LogP contribution >= 0.6 is 22.7 Å². The summed E-state index contributed by atoms with van der Waals surface area (Å²) in [7, 11) is 7.94. The Morgan fingerprint density at radius 2 is 1.51 bits per heavy atom. The molecule has 10 nitrogen and oxygen atoms in total. The Balaban J connectivity index is 1.48. The van der Waals surface area contributed by atoms with Crippen molar-refractivity contribution in [2.75, 3.05) is 34.7 Å². The molecule has 4 rings (SSSR count). The first kappa shape index (κ1) is 25.0. The van der Waals surface area contributed by atoms with Crippen molar-refractivity contribution in [1.29, 1.82) is 0 Å². The second-order valence-corrected chi connectivity index (χ2v) is 10.8. The first-order valence-corrected chi connectivity index (χ1v) is 13.4. The average molecular weight is 515 g/mol. The maximum atomic E-state index is 4.85. The number of aliphatic imine (C=N–C) groups is 4. The van der Waals surface area contributed by atoms with E-state index in [2.05, 4.69) is 60.9 Å². The van der Waals surface area contributed by atoms with Gasteiger partial charge < -0.3 is 20.0 Å². The van der Waals surface area contributed by atoms with E-state index < -0.39 is 0 Å². The lowest BCUT2D eigenvalue weighted by molar-refractivity contribution is 0.373. The topological polar surface area (TPSA) is 95.2 Å². The van der Waals surface area contributed by atoms with Crippen LogP contribution in [0.1, 0.15) is 23.1 Å². The van der Waals surface area contributed by atoms with Crippen LogP contribution in [-0.4, -0.2) is 85.6 Å². The fraction of sp³-hybridized carbons (Fsp3) is 0.478. The van der Waals surface area contributed by atoms with Crippen molar-refractivity contribution in [1.82, 2.24) is 30.7 Å². The van der Waals surface area contributed by atoms with Crippen LogP contribution in [0.4, 0.5) is 0 Å². The summed E-state index contributed by atoms with van der Waals surface area (Å²) >= 11 is 3.48. The van der Waals surface area contributed by atoms with Crippen molar-refractivity contribution < 1.29 is 0 Å². The van der Waals surface area contributed by atoms with Crippen LogP contribution in [0.15, 0.2) is 55.0 Å². The molecule has 2 aliphatic heterocycles. The molecule has 0 spiro atoms. The molecule has 0 saturated carbocycles. The van der Waals surface area contributed by atoms with Crippen LogP contribution in [0, 0.1) is 0 Å². The number of hydrogen-bond acceptors (Lipinski definition) is 12. The van der Waals surface area contributed by atoms with Crippen LogP contribution in [0.5, 0.6) is 0 Å². The fourth-order valence-corrected chi connectivity index (χ4v) is 4.94. The quantitative estimate of drug-likeness (QED) is 0.525. The summed E-state index contributed by atoms with van der Waals surface area (Å²) in [6.07, 6.45) is 0.407. The smallest absolute Gasteiger partial charge is 0.203 e. The lowest BCUT2D eigenvalue weighted by atomic mass is 10.3. The van der Waals surface area contributed by atoms with Crippen LogP contribution in [0.2, 0.25) is 0 Å². The monoisotopic (exact) mass is 514 g/mol. The molecule has 188 valence electrons. The van der Waals surface area contributed by atoms with Crippen LogP contribution < -0.4 is 16.0 Å². The van der Waals surface area contributed by atoms with E-state index >= 15 is 0 Å². The number of hydrogen-bond donors (Lipinski definition) is 3. The zero-order valence-corrected chi connectivity index (χ0v) is 22.5. The number of nitrogens with zero attached hydrogens (tertiary/aromatic N) is 7. The molecular formula is C23H34N10S2. The van der Waals surface area contributed by atoms with Gasteiger partial charge in [-0.15, -0.1) is 22.7 Å². The molecule has 0 radical (unpaired) electrons. The molecule has 0 aliphatic carbocycles. The Labute approximate surface area is 215 Å². The molecule has 2 aromatic rings. The summed E-state index contributed by atoms with van der Waals surface area (Å²) in [5, 5.41) is 14.3. The highest BCUT2D eigenvalue weighted by Crippen LogP contribution is 2.16. The molecule has 3 N–H and O–H groups in total. The maximum absolute atomic E-state index is 4.85. The van der Waals surface area contributed by atoms with E-state index in [4.69, 9.17) is 15.0 Å². The molecule has 2 unspecified atom stereocenters. The van der Waals surface area contributed by atoms with Crippen LogP contribution in [0.3, 0.4) is 0 Å². The number of nitrogens with one attached hydrogen (secondary N) is 3. The van der Waals surface area contributed by atoms with E-state index in [-0.39, 0.29) is 12.3 Å². The Hall–Kier alpha value is -3.12. The Kier molecular flexibility index (Phi) is 8.24. The van der Waals surface area contributed by atoms with Gasteiger partial charge in [0.05, 0.1) is 13.1 Å². The normalized spacial score (nSPS) is 19.5. The second kappa shape index (κ2) is 11.5. The van der Waals surface area contributed by atoms with E-state index in [9.17, 15) is 0 Å². The van der Waals surface area contributed by atoms with Gasteiger partial charge in [-0.2, -0.15) is 0 Å². The highest BCUT2D eigenvalue weighted by molar-refractivity contribution is 7.10. The van der Waals surface area contributed by atoms with Gasteiger partial charge in [0.15, 0.2) is 0 Å². The molecule has 35 heavy (non-hydrogen) atoms. The third-order valence-corrected chi connectivity index (χ3v) is 7.10. The summed E-state index contributed by atoms with van der Waals surface area (Å²) in [6, 6.07) is 8.42. The van der Waals surface area contributed by atoms with Crippen LogP contribution in [-0.2, 0) is 13.1 Å². The summed E-state index contributed by atoms with van der Waals surface area (Å²) in [4.78, 5) is 27.8. The summed E-state index contributed by atoms with van der Waals surface area (Å²) in [5.74, 6) is 3.19. The van der Waals surface area contributed by atoms with E-state index in [1.54, 1.807) is 22.7 Å². The van der Waals surface area contributed by atoms with E-state index in [0.717, 1.165) is 49.9 Å². The van der Waals surface area contributed by atoms with Gasteiger partial charge in [0.2, 0.25) is 23.8 Å². The molecule has 2 aromatic heterocycles. The van der Waals surface area contributed by atoms with Crippen molar-refractivity contribution in [3.63, 3.8) is 0 Å². The summed E-state index contributed by atoms with van der Waals surface area (Å²) in [5.41, 5.74) is 0. The number of rotatable bonds is 7. The largest absolute Gasteiger partial charge is 0.351 e. The summed E-state index contributed by atoms with van der Waals surface area (Å²) in [6.45, 7) is 4.24. The average Bonchev–Trinajstić information content (AvgIpc) is 3.54. The van der Waals surface area contributed by atoms with Gasteiger partial charge in [0.1, 0.15) is 12.3 Å². The van der Waals surface area contributed by atoms with Gasteiger partial charge in [-0.1, -0.05) is 12.1 Å². The van der Waals surface area contributed by atoms with Gasteiger partial charge in [-0.3, -0.25) is 10.6 Å². The van der Waals surface area contributed by atoms with Crippen molar-refractivity contribution in [3.8, 4) is 0 Å². The van der Waals surface area contributed by atoms with Gasteiger partial charge in [0, 0.05) is 50.9 Å². The molecule has 0 bridgehead atoms. The molecule has 2 atom stereocenters. The number of guanidine groups is 4. The van der Waals surface area contributed by atoms with Crippen molar-refractivity contribution in [2.45, 2.75) is 38.8 Å². The highest BCUT2D eigenvalue weighted by Gasteiger charge is 2.23. The van der Waals surface area contributed by atoms with E-state index in [1.165, 1.54) is 9.75 Å². The van der Waals surface area contributed by atoms with Gasteiger partial charge in [0.25, 0.3) is 0 Å². The SMILES string of the molecule is CC1N=C(N(C)C)NC(N(CCC2N=C(NCc3cccs3)NC(N(C)C)=N2)Cc2cccs2)=N1. The predicted molar refractivity (Wildman–Crippen MR) is 147 cm³/mol. The van der Waals surface area contributed by atoms with Gasteiger partial charge in [-0.25, -0.2) is 20.0 Å². The zero-order valence-electron chi connectivity index (χ0n) is 20.9. The lowest BCUT2D eigenvalue weighted by Gasteiger charge is -2.32. The van der Waals surface area contributed by atoms with E-state index in [1.807, 2.05) is 44.9 Å². The third-order valence-electron chi connectivity index (χ3n) is 5.36. The van der Waals surface area contributed by atoms with Gasteiger partial charge in [-0.05, 0) is 29.8 Å².